The van der Waals surface area contributed by atoms with Crippen LogP contribution in [0.5, 0.6) is 0 Å². The lowest BCUT2D eigenvalue weighted by Gasteiger charge is -2.27. The number of ether oxygens (including phenoxy) is 1. The standard InChI is InChI=1S/C11H16F3NO4/c1-5(2)7-4-19-10(18)15(7)9(17)6(3)8(16)11(12,13)14/h5-8,16H,4H2,1-3H3/t6-,7-,8+/m1/s1. The maximum absolute atomic E-state index is 12.4. The van der Waals surface area contributed by atoms with Crippen LogP contribution < -0.4 is 0 Å². The van der Waals surface area contributed by atoms with Gasteiger partial charge in [0.2, 0.25) is 5.91 Å². The number of imide groups is 1. The molecule has 1 N–H and O–H groups in total. The number of nitrogens with zero attached hydrogens (tertiary/aromatic N) is 1. The van der Waals surface area contributed by atoms with Gasteiger partial charge in [-0.25, -0.2) is 9.69 Å². The predicted octanol–water partition coefficient (Wildman–Crippen LogP) is 1.55. The van der Waals surface area contributed by atoms with Crippen molar-refractivity contribution < 1.29 is 32.6 Å². The Balaban J connectivity index is 2.89. The van der Waals surface area contributed by atoms with E-state index in [9.17, 15) is 22.8 Å². The van der Waals surface area contributed by atoms with E-state index in [1.807, 2.05) is 0 Å². The number of aliphatic hydroxyl groups excluding tert-OH is 1. The van der Waals surface area contributed by atoms with Crippen molar-refractivity contribution in [2.45, 2.75) is 39.1 Å². The maximum atomic E-state index is 12.4. The highest BCUT2D eigenvalue weighted by Crippen LogP contribution is 2.29. The molecule has 1 heterocycles. The normalized spacial score (nSPS) is 23.5. The number of carbonyl (C=O) groups is 2. The number of amides is 2. The molecule has 110 valence electrons. The van der Waals surface area contributed by atoms with Gasteiger partial charge < -0.3 is 9.84 Å². The van der Waals surface area contributed by atoms with Gasteiger partial charge in [0.1, 0.15) is 6.61 Å². The molecule has 0 radical (unpaired) electrons. The molecule has 0 aromatic carbocycles. The average Bonchev–Trinajstić information content (AvgIpc) is 2.67. The van der Waals surface area contributed by atoms with E-state index < -0.39 is 36.2 Å². The first kappa shape index (κ1) is 15.7. The molecule has 0 aromatic heterocycles. The Morgan fingerprint density at radius 1 is 1.42 bits per heavy atom. The zero-order valence-corrected chi connectivity index (χ0v) is 10.8. The number of rotatable bonds is 3. The number of hydrogen-bond acceptors (Lipinski definition) is 4. The fourth-order valence-electron chi connectivity index (χ4n) is 1.82. The third-order valence-electron chi connectivity index (χ3n) is 3.11. The first-order valence-corrected chi connectivity index (χ1v) is 5.82. The van der Waals surface area contributed by atoms with Gasteiger partial charge in [-0.15, -0.1) is 0 Å². The zero-order chi connectivity index (χ0) is 15.0. The Bertz CT molecular complexity index is 369. The summed E-state index contributed by atoms with van der Waals surface area (Å²) in [6, 6.07) is -0.608. The van der Waals surface area contributed by atoms with Crippen molar-refractivity contribution >= 4 is 12.0 Å². The van der Waals surface area contributed by atoms with Crippen molar-refractivity contribution in [3.05, 3.63) is 0 Å². The van der Waals surface area contributed by atoms with E-state index in [1.165, 1.54) is 0 Å². The van der Waals surface area contributed by atoms with Gasteiger partial charge in [0.05, 0.1) is 12.0 Å². The summed E-state index contributed by atoms with van der Waals surface area (Å²) in [6.07, 6.45) is -8.68. The van der Waals surface area contributed by atoms with E-state index >= 15 is 0 Å². The SMILES string of the molecule is CC(C)[C@H]1COC(=O)N1C(=O)[C@H](C)[C@H](O)C(F)(F)F. The third-order valence-corrected chi connectivity index (χ3v) is 3.11. The van der Waals surface area contributed by atoms with Gasteiger partial charge in [0, 0.05) is 0 Å². The number of alkyl halides is 3. The minimum atomic E-state index is -4.91. The van der Waals surface area contributed by atoms with Gasteiger partial charge >= 0.3 is 12.3 Å². The monoisotopic (exact) mass is 283 g/mol. The number of halogens is 3. The molecule has 8 heteroatoms. The van der Waals surface area contributed by atoms with E-state index in [-0.39, 0.29) is 12.5 Å². The molecular weight excluding hydrogens is 267 g/mol. The Labute approximate surface area is 108 Å². The van der Waals surface area contributed by atoms with Crippen LogP contribution >= 0.6 is 0 Å². The zero-order valence-electron chi connectivity index (χ0n) is 10.8. The molecule has 3 atom stereocenters. The minimum absolute atomic E-state index is 0.0446. The van der Waals surface area contributed by atoms with Crippen molar-refractivity contribution in [3.63, 3.8) is 0 Å². The number of carbonyl (C=O) groups excluding carboxylic acids is 2. The molecule has 1 rings (SSSR count). The van der Waals surface area contributed by atoms with Gasteiger partial charge in [-0.2, -0.15) is 13.2 Å². The van der Waals surface area contributed by atoms with E-state index in [2.05, 4.69) is 4.74 Å². The molecule has 1 aliphatic rings. The molecular formula is C11H16F3NO4. The summed E-state index contributed by atoms with van der Waals surface area (Å²) >= 11 is 0. The molecule has 2 amide bonds. The highest BCUT2D eigenvalue weighted by Gasteiger charge is 2.49. The second-order valence-electron chi connectivity index (χ2n) is 4.87. The van der Waals surface area contributed by atoms with Crippen LogP contribution in [-0.4, -0.2) is 46.9 Å². The van der Waals surface area contributed by atoms with Crippen molar-refractivity contribution in [3.8, 4) is 0 Å². The molecule has 0 saturated carbocycles. The Morgan fingerprint density at radius 2 is 1.95 bits per heavy atom. The summed E-state index contributed by atoms with van der Waals surface area (Å²) in [4.78, 5) is 24.0. The van der Waals surface area contributed by atoms with Crippen LogP contribution in [0.4, 0.5) is 18.0 Å². The van der Waals surface area contributed by atoms with Gasteiger partial charge in [0.15, 0.2) is 6.10 Å². The number of aliphatic hydroxyl groups is 1. The molecule has 19 heavy (non-hydrogen) atoms. The number of hydrogen-bond donors (Lipinski definition) is 1. The molecule has 0 aliphatic carbocycles. The number of cyclic esters (lactones) is 1. The largest absolute Gasteiger partial charge is 0.447 e. The lowest BCUT2D eigenvalue weighted by molar-refractivity contribution is -0.219. The molecule has 5 nitrogen and oxygen atoms in total. The van der Waals surface area contributed by atoms with E-state index in [1.54, 1.807) is 13.8 Å². The summed E-state index contributed by atoms with van der Waals surface area (Å²) in [7, 11) is 0. The lowest BCUT2D eigenvalue weighted by Crippen LogP contribution is -2.49. The fourth-order valence-corrected chi connectivity index (χ4v) is 1.82. The predicted molar refractivity (Wildman–Crippen MR) is 58.0 cm³/mol. The molecule has 0 bridgehead atoms. The van der Waals surface area contributed by atoms with Crippen LogP contribution in [0.1, 0.15) is 20.8 Å². The fraction of sp³-hybridized carbons (Fsp3) is 0.818. The molecule has 1 fully saturated rings. The second kappa shape index (κ2) is 5.36. The molecule has 0 spiro atoms. The first-order valence-electron chi connectivity index (χ1n) is 5.82. The Kier molecular flexibility index (Phi) is 4.44. The maximum Gasteiger partial charge on any atom is 0.416 e. The third kappa shape index (κ3) is 3.17. The highest BCUT2D eigenvalue weighted by molar-refractivity contribution is 5.95. The first-order chi connectivity index (χ1) is 8.57. The van der Waals surface area contributed by atoms with Gasteiger partial charge in [-0.3, -0.25) is 4.79 Å². The van der Waals surface area contributed by atoms with Crippen LogP contribution in [0.3, 0.4) is 0 Å². The van der Waals surface area contributed by atoms with Crippen LogP contribution in [0.2, 0.25) is 0 Å². The van der Waals surface area contributed by atoms with Gasteiger partial charge in [-0.05, 0) is 5.92 Å². The van der Waals surface area contributed by atoms with Crippen LogP contribution in [0.15, 0.2) is 0 Å². The van der Waals surface area contributed by atoms with Crippen LogP contribution in [-0.2, 0) is 9.53 Å². The summed E-state index contributed by atoms with van der Waals surface area (Å²) in [5.41, 5.74) is 0. The Hall–Kier alpha value is -1.31. The molecule has 0 unspecified atom stereocenters. The summed E-state index contributed by atoms with van der Waals surface area (Å²) in [5.74, 6) is -2.98. The van der Waals surface area contributed by atoms with E-state index in [0.29, 0.717) is 4.90 Å². The topological polar surface area (TPSA) is 66.8 Å². The lowest BCUT2D eigenvalue weighted by atomic mass is 9.99. The van der Waals surface area contributed by atoms with E-state index in [4.69, 9.17) is 5.11 Å². The van der Waals surface area contributed by atoms with Gasteiger partial charge in [0.25, 0.3) is 0 Å². The molecule has 0 aromatic rings. The van der Waals surface area contributed by atoms with Gasteiger partial charge in [-0.1, -0.05) is 20.8 Å². The van der Waals surface area contributed by atoms with Crippen molar-refractivity contribution in [2.75, 3.05) is 6.61 Å². The smallest absolute Gasteiger partial charge is 0.416 e. The van der Waals surface area contributed by atoms with Crippen molar-refractivity contribution in [1.82, 2.24) is 4.90 Å². The summed E-state index contributed by atoms with van der Waals surface area (Å²) in [6.45, 7) is 4.33. The summed E-state index contributed by atoms with van der Waals surface area (Å²) < 4.78 is 41.8. The quantitative estimate of drug-likeness (QED) is 0.853. The van der Waals surface area contributed by atoms with Crippen LogP contribution in [0.25, 0.3) is 0 Å². The molecule has 1 aliphatic heterocycles. The minimum Gasteiger partial charge on any atom is -0.447 e. The van der Waals surface area contributed by atoms with Crippen molar-refractivity contribution in [2.24, 2.45) is 11.8 Å². The molecule has 1 saturated heterocycles. The summed E-state index contributed by atoms with van der Waals surface area (Å²) in [5, 5.41) is 9.07. The van der Waals surface area contributed by atoms with Crippen molar-refractivity contribution in [1.29, 1.82) is 0 Å². The second-order valence-corrected chi connectivity index (χ2v) is 4.87. The average molecular weight is 283 g/mol. The highest BCUT2D eigenvalue weighted by atomic mass is 19.4. The Morgan fingerprint density at radius 3 is 2.37 bits per heavy atom. The van der Waals surface area contributed by atoms with E-state index in [0.717, 1.165) is 6.92 Å². The van der Waals surface area contributed by atoms with Crippen LogP contribution in [0, 0.1) is 11.8 Å².